The van der Waals surface area contributed by atoms with Gasteiger partial charge in [-0.05, 0) is 31.0 Å². The minimum absolute atomic E-state index is 0.0402. The van der Waals surface area contributed by atoms with Gasteiger partial charge in [-0.2, -0.15) is 0 Å². The Morgan fingerprint density at radius 2 is 2.21 bits per heavy atom. The van der Waals surface area contributed by atoms with E-state index in [2.05, 4.69) is 13.8 Å². The Morgan fingerprint density at radius 1 is 1.47 bits per heavy atom. The number of ether oxygens (including phenoxy) is 1. The highest BCUT2D eigenvalue weighted by atomic mass is 35.5. The fourth-order valence-corrected chi connectivity index (χ4v) is 2.05. The summed E-state index contributed by atoms with van der Waals surface area (Å²) in [4.78, 5) is 14.4. The van der Waals surface area contributed by atoms with Crippen molar-refractivity contribution in [2.24, 2.45) is 0 Å². The molecule has 0 heterocycles. The van der Waals surface area contributed by atoms with E-state index in [0.29, 0.717) is 24.6 Å². The van der Waals surface area contributed by atoms with Crippen LogP contribution in [0.15, 0.2) is 24.3 Å². The average molecular weight is 284 g/mol. The van der Waals surface area contributed by atoms with Crippen LogP contribution >= 0.6 is 11.6 Å². The van der Waals surface area contributed by atoms with Gasteiger partial charge in [0.05, 0.1) is 6.61 Å². The summed E-state index contributed by atoms with van der Waals surface area (Å²) < 4.78 is 5.08. The molecule has 0 aliphatic carbocycles. The maximum absolute atomic E-state index is 12.5. The minimum Gasteiger partial charge on any atom is -0.383 e. The van der Waals surface area contributed by atoms with Crippen LogP contribution in [-0.4, -0.2) is 37.1 Å². The van der Waals surface area contributed by atoms with Crippen molar-refractivity contribution in [1.29, 1.82) is 0 Å². The van der Waals surface area contributed by atoms with Crippen LogP contribution in [0.4, 0.5) is 0 Å². The molecule has 0 spiro atoms. The number of carbonyl (C=O) groups is 1. The first-order chi connectivity index (χ1) is 9.13. The average Bonchev–Trinajstić information content (AvgIpc) is 2.47. The van der Waals surface area contributed by atoms with Gasteiger partial charge in [0.2, 0.25) is 0 Å². The predicted molar refractivity (Wildman–Crippen MR) is 78.7 cm³/mol. The van der Waals surface area contributed by atoms with Crippen LogP contribution in [0.3, 0.4) is 0 Å². The molecule has 0 aliphatic rings. The number of amides is 1. The van der Waals surface area contributed by atoms with Crippen LogP contribution < -0.4 is 0 Å². The van der Waals surface area contributed by atoms with Gasteiger partial charge in [0.1, 0.15) is 0 Å². The summed E-state index contributed by atoms with van der Waals surface area (Å²) >= 11 is 5.81. The van der Waals surface area contributed by atoms with Crippen molar-refractivity contribution in [1.82, 2.24) is 4.90 Å². The summed E-state index contributed by atoms with van der Waals surface area (Å²) in [5.41, 5.74) is 1.65. The third-order valence-electron chi connectivity index (χ3n) is 3.25. The van der Waals surface area contributed by atoms with Crippen molar-refractivity contribution in [2.75, 3.05) is 20.3 Å². The smallest absolute Gasteiger partial charge is 0.254 e. The van der Waals surface area contributed by atoms with Crippen molar-refractivity contribution >= 4 is 17.5 Å². The fraction of sp³-hybridized carbons (Fsp3) is 0.533. The molecule has 0 N–H and O–H groups in total. The minimum atomic E-state index is 0.0402. The molecule has 0 radical (unpaired) electrons. The number of hydrogen-bond donors (Lipinski definition) is 0. The van der Waals surface area contributed by atoms with Crippen LogP contribution in [0.5, 0.6) is 0 Å². The van der Waals surface area contributed by atoms with Crippen LogP contribution in [0, 0.1) is 0 Å². The maximum atomic E-state index is 12.5. The van der Waals surface area contributed by atoms with Gasteiger partial charge in [-0.15, -0.1) is 11.6 Å². The summed E-state index contributed by atoms with van der Waals surface area (Å²) in [5.74, 6) is 0.459. The Labute approximate surface area is 120 Å². The van der Waals surface area contributed by atoms with E-state index in [1.54, 1.807) is 7.11 Å². The number of alkyl halides is 1. The highest BCUT2D eigenvalue weighted by Gasteiger charge is 2.20. The second-order valence-corrected chi connectivity index (χ2v) is 4.85. The standard InChI is InChI=1S/C15H22ClNO2/c1-4-12(2)17(8-9-19-3)15(18)14-7-5-6-13(10-14)11-16/h5-7,10,12H,4,8-9,11H2,1-3H3. The van der Waals surface area contributed by atoms with Gasteiger partial charge in [-0.1, -0.05) is 19.1 Å². The number of rotatable bonds is 7. The summed E-state index contributed by atoms with van der Waals surface area (Å²) in [6.45, 7) is 5.28. The van der Waals surface area contributed by atoms with Crippen molar-refractivity contribution in [3.63, 3.8) is 0 Å². The Bertz CT molecular complexity index is 409. The molecule has 0 aliphatic heterocycles. The number of hydrogen-bond acceptors (Lipinski definition) is 2. The van der Waals surface area contributed by atoms with Crippen molar-refractivity contribution in [3.8, 4) is 0 Å². The quantitative estimate of drug-likeness (QED) is 0.719. The molecule has 1 aromatic carbocycles. The topological polar surface area (TPSA) is 29.5 Å². The maximum Gasteiger partial charge on any atom is 0.254 e. The number of carbonyl (C=O) groups excluding carboxylic acids is 1. The lowest BCUT2D eigenvalue weighted by atomic mass is 10.1. The molecule has 0 saturated heterocycles. The highest BCUT2D eigenvalue weighted by molar-refractivity contribution is 6.17. The van der Waals surface area contributed by atoms with E-state index in [9.17, 15) is 4.79 Å². The van der Waals surface area contributed by atoms with Crippen LogP contribution in [0.2, 0.25) is 0 Å². The Kier molecular flexibility index (Phi) is 6.89. The van der Waals surface area contributed by atoms with E-state index in [4.69, 9.17) is 16.3 Å². The zero-order valence-corrected chi connectivity index (χ0v) is 12.6. The molecule has 0 aromatic heterocycles. The molecule has 4 heteroatoms. The van der Waals surface area contributed by atoms with Gasteiger partial charge in [0.15, 0.2) is 0 Å². The lowest BCUT2D eigenvalue weighted by Gasteiger charge is -2.28. The molecule has 1 rings (SSSR count). The fourth-order valence-electron chi connectivity index (χ4n) is 1.89. The van der Waals surface area contributed by atoms with Gasteiger partial charge in [-0.3, -0.25) is 4.79 Å². The second-order valence-electron chi connectivity index (χ2n) is 4.58. The Hall–Kier alpha value is -1.06. The first-order valence-electron chi connectivity index (χ1n) is 6.58. The molecule has 0 fully saturated rings. The largest absolute Gasteiger partial charge is 0.383 e. The second kappa shape index (κ2) is 8.18. The van der Waals surface area contributed by atoms with Crippen LogP contribution in [0.25, 0.3) is 0 Å². The molecule has 0 bridgehead atoms. The van der Waals surface area contributed by atoms with Gasteiger partial charge in [0.25, 0.3) is 5.91 Å². The molecule has 0 saturated carbocycles. The van der Waals surface area contributed by atoms with Gasteiger partial charge < -0.3 is 9.64 Å². The third-order valence-corrected chi connectivity index (χ3v) is 3.56. The lowest BCUT2D eigenvalue weighted by Crippen LogP contribution is -2.40. The van der Waals surface area contributed by atoms with Gasteiger partial charge >= 0.3 is 0 Å². The third kappa shape index (κ3) is 4.51. The monoisotopic (exact) mass is 283 g/mol. The van der Waals surface area contributed by atoms with E-state index in [1.165, 1.54) is 0 Å². The molecule has 1 atom stereocenters. The predicted octanol–water partition coefficient (Wildman–Crippen LogP) is 3.31. The molecule has 1 unspecified atom stereocenters. The van der Waals surface area contributed by atoms with Crippen LogP contribution in [-0.2, 0) is 10.6 Å². The molecular weight excluding hydrogens is 262 g/mol. The number of nitrogens with zero attached hydrogens (tertiary/aromatic N) is 1. The molecule has 1 amide bonds. The summed E-state index contributed by atoms with van der Waals surface area (Å²) in [5, 5.41) is 0. The summed E-state index contributed by atoms with van der Waals surface area (Å²) in [7, 11) is 1.65. The van der Waals surface area contributed by atoms with E-state index >= 15 is 0 Å². The number of methoxy groups -OCH3 is 1. The molecule has 3 nitrogen and oxygen atoms in total. The number of halogens is 1. The first-order valence-corrected chi connectivity index (χ1v) is 7.12. The zero-order chi connectivity index (χ0) is 14.3. The normalized spacial score (nSPS) is 12.2. The molecular formula is C15H22ClNO2. The Morgan fingerprint density at radius 3 is 2.79 bits per heavy atom. The van der Waals surface area contributed by atoms with E-state index in [1.807, 2.05) is 29.2 Å². The Balaban J connectivity index is 2.90. The van der Waals surface area contributed by atoms with Crippen LogP contribution in [0.1, 0.15) is 36.2 Å². The SMILES string of the molecule is CCC(C)N(CCOC)C(=O)c1cccc(CCl)c1. The summed E-state index contributed by atoms with van der Waals surface area (Å²) in [6.07, 6.45) is 0.921. The van der Waals surface area contributed by atoms with Crippen molar-refractivity contribution in [2.45, 2.75) is 32.2 Å². The molecule has 1 aromatic rings. The molecule has 106 valence electrons. The number of benzene rings is 1. The van der Waals surface area contributed by atoms with Crippen molar-refractivity contribution in [3.05, 3.63) is 35.4 Å². The first kappa shape index (κ1) is 16.0. The summed E-state index contributed by atoms with van der Waals surface area (Å²) in [6, 6.07) is 7.68. The van der Waals surface area contributed by atoms with Gasteiger partial charge in [0, 0.05) is 31.1 Å². The zero-order valence-electron chi connectivity index (χ0n) is 11.9. The molecule has 19 heavy (non-hydrogen) atoms. The van der Waals surface area contributed by atoms with E-state index in [-0.39, 0.29) is 11.9 Å². The van der Waals surface area contributed by atoms with E-state index in [0.717, 1.165) is 12.0 Å². The van der Waals surface area contributed by atoms with E-state index < -0.39 is 0 Å². The van der Waals surface area contributed by atoms with Crippen molar-refractivity contribution < 1.29 is 9.53 Å². The van der Waals surface area contributed by atoms with Gasteiger partial charge in [-0.25, -0.2) is 0 Å². The highest BCUT2D eigenvalue weighted by Crippen LogP contribution is 2.13. The lowest BCUT2D eigenvalue weighted by molar-refractivity contribution is 0.0614.